The second kappa shape index (κ2) is 4.01. The van der Waals surface area contributed by atoms with E-state index in [2.05, 4.69) is 4.98 Å². The number of aromatic amines is 1. The average molecular weight is 270 g/mol. The Hall–Kier alpha value is -1.48. The highest BCUT2D eigenvalue weighted by Crippen LogP contribution is 2.47. The third-order valence-electron chi connectivity index (χ3n) is 3.85. The van der Waals surface area contributed by atoms with Crippen LogP contribution < -0.4 is 11.2 Å². The van der Waals surface area contributed by atoms with Crippen molar-refractivity contribution in [3.05, 3.63) is 33.1 Å². The smallest absolute Gasteiger partial charge is 0.330 e. The Kier molecular flexibility index (Phi) is 2.65. The van der Waals surface area contributed by atoms with Crippen molar-refractivity contribution in [2.45, 2.75) is 37.1 Å². The molecular weight excluding hydrogens is 256 g/mol. The average Bonchev–Trinajstić information content (AvgIpc) is 2.77. The van der Waals surface area contributed by atoms with Crippen LogP contribution in [0.3, 0.4) is 0 Å². The van der Waals surface area contributed by atoms with Crippen LogP contribution in [0.1, 0.15) is 13.2 Å². The number of nitrogens with zero attached hydrogens (tertiary/aromatic N) is 1. The number of hydrogen-bond donors (Lipinski definition) is 3. The van der Waals surface area contributed by atoms with Crippen molar-refractivity contribution in [2.75, 3.05) is 6.61 Å². The molecule has 2 aliphatic rings. The van der Waals surface area contributed by atoms with Gasteiger partial charge in [0.15, 0.2) is 6.23 Å². The van der Waals surface area contributed by atoms with E-state index < -0.39 is 48.0 Å². The number of aliphatic hydroxyl groups excluding tert-OH is 2. The van der Waals surface area contributed by atoms with E-state index in [-0.39, 0.29) is 0 Å². The van der Waals surface area contributed by atoms with Crippen LogP contribution in [0, 0.1) is 0 Å². The van der Waals surface area contributed by atoms with Crippen LogP contribution in [0.4, 0.5) is 0 Å². The molecule has 0 radical (unpaired) electrons. The Morgan fingerprint density at radius 3 is 2.84 bits per heavy atom. The van der Waals surface area contributed by atoms with Crippen LogP contribution in [0.5, 0.6) is 0 Å². The Morgan fingerprint density at radius 1 is 1.53 bits per heavy atom. The molecule has 0 spiro atoms. The van der Waals surface area contributed by atoms with E-state index in [1.165, 1.54) is 12.3 Å². The molecule has 3 rings (SSSR count). The molecule has 1 aromatic heterocycles. The first kappa shape index (κ1) is 12.5. The van der Waals surface area contributed by atoms with Crippen LogP contribution >= 0.6 is 0 Å². The first-order valence-electron chi connectivity index (χ1n) is 5.93. The lowest BCUT2D eigenvalue weighted by atomic mass is 9.95. The summed E-state index contributed by atoms with van der Waals surface area (Å²) < 4.78 is 12.3. The number of hydrogen-bond acceptors (Lipinski definition) is 6. The Balaban J connectivity index is 2.02. The van der Waals surface area contributed by atoms with Crippen LogP contribution in [-0.4, -0.2) is 50.3 Å². The van der Waals surface area contributed by atoms with Gasteiger partial charge in [0.2, 0.25) is 0 Å². The van der Waals surface area contributed by atoms with Crippen molar-refractivity contribution in [3.8, 4) is 0 Å². The van der Waals surface area contributed by atoms with Gasteiger partial charge in [0, 0.05) is 12.3 Å². The quantitative estimate of drug-likeness (QED) is 0.569. The molecule has 0 saturated carbocycles. The maximum Gasteiger partial charge on any atom is 0.330 e. The maximum atomic E-state index is 11.7. The van der Waals surface area contributed by atoms with Gasteiger partial charge in [0.05, 0.1) is 12.7 Å². The third kappa shape index (κ3) is 1.54. The van der Waals surface area contributed by atoms with Crippen LogP contribution in [0.2, 0.25) is 0 Å². The van der Waals surface area contributed by atoms with Gasteiger partial charge in [-0.25, -0.2) is 4.79 Å². The van der Waals surface area contributed by atoms with E-state index in [1.807, 2.05) is 0 Å². The van der Waals surface area contributed by atoms with E-state index in [9.17, 15) is 19.8 Å². The number of ether oxygens (including phenoxy) is 2. The number of rotatable bonds is 2. The van der Waals surface area contributed by atoms with Crippen molar-refractivity contribution in [2.24, 2.45) is 0 Å². The molecule has 19 heavy (non-hydrogen) atoms. The molecule has 0 amide bonds. The maximum absolute atomic E-state index is 11.7. The van der Waals surface area contributed by atoms with Crippen molar-refractivity contribution in [1.29, 1.82) is 0 Å². The molecule has 2 bridgehead atoms. The van der Waals surface area contributed by atoms with Crippen molar-refractivity contribution in [3.63, 3.8) is 0 Å². The van der Waals surface area contributed by atoms with Gasteiger partial charge in [0.25, 0.3) is 5.56 Å². The largest absolute Gasteiger partial charge is 0.393 e. The predicted octanol–water partition coefficient (Wildman–Crippen LogP) is -2.06. The molecule has 2 saturated heterocycles. The van der Waals surface area contributed by atoms with E-state index in [1.54, 1.807) is 6.92 Å². The summed E-state index contributed by atoms with van der Waals surface area (Å²) in [5.74, 6) is 0. The lowest BCUT2D eigenvalue weighted by Crippen LogP contribution is -2.49. The van der Waals surface area contributed by atoms with Crippen molar-refractivity contribution in [1.82, 2.24) is 9.55 Å². The van der Waals surface area contributed by atoms with Gasteiger partial charge >= 0.3 is 5.69 Å². The third-order valence-corrected chi connectivity index (χ3v) is 3.85. The second-order valence-corrected chi connectivity index (χ2v) is 4.83. The van der Waals surface area contributed by atoms with Gasteiger partial charge in [0.1, 0.15) is 17.8 Å². The normalized spacial score (nSPS) is 40.8. The zero-order valence-corrected chi connectivity index (χ0v) is 10.1. The van der Waals surface area contributed by atoms with Crippen molar-refractivity contribution < 1.29 is 19.7 Å². The molecule has 3 N–H and O–H groups in total. The summed E-state index contributed by atoms with van der Waals surface area (Å²) in [7, 11) is 0. The predicted molar refractivity (Wildman–Crippen MR) is 61.6 cm³/mol. The van der Waals surface area contributed by atoms with Gasteiger partial charge in [-0.2, -0.15) is 0 Å². The van der Waals surface area contributed by atoms with E-state index in [0.717, 1.165) is 4.57 Å². The summed E-state index contributed by atoms with van der Waals surface area (Å²) in [6.07, 6.45) is -1.87. The number of H-pyrrole nitrogens is 1. The molecule has 0 unspecified atom stereocenters. The van der Waals surface area contributed by atoms with Crippen LogP contribution in [0.25, 0.3) is 0 Å². The fraction of sp³-hybridized carbons (Fsp3) is 0.636. The van der Waals surface area contributed by atoms with Gasteiger partial charge in [-0.15, -0.1) is 0 Å². The van der Waals surface area contributed by atoms with Crippen LogP contribution in [-0.2, 0) is 9.47 Å². The zero-order chi connectivity index (χ0) is 13.8. The molecule has 5 atom stereocenters. The first-order chi connectivity index (χ1) is 8.99. The number of aromatic nitrogens is 2. The van der Waals surface area contributed by atoms with Gasteiger partial charge in [-0.05, 0) is 6.92 Å². The summed E-state index contributed by atoms with van der Waals surface area (Å²) in [5.41, 5.74) is -2.40. The minimum atomic E-state index is -1.23. The number of fused-ring (bicyclic) bond motifs is 2. The number of nitrogens with one attached hydrogen (secondary N) is 1. The minimum Gasteiger partial charge on any atom is -0.393 e. The summed E-state index contributed by atoms with van der Waals surface area (Å²) in [6.45, 7) is 1.27. The van der Waals surface area contributed by atoms with Crippen LogP contribution in [0.15, 0.2) is 21.9 Å². The lowest BCUT2D eigenvalue weighted by Gasteiger charge is -2.34. The highest BCUT2D eigenvalue weighted by atomic mass is 16.7. The Bertz CT molecular complexity index is 610. The molecule has 0 aromatic carbocycles. The minimum absolute atomic E-state index is 0.416. The van der Waals surface area contributed by atoms with Gasteiger partial charge < -0.3 is 19.7 Å². The van der Waals surface area contributed by atoms with Gasteiger partial charge in [-0.1, -0.05) is 0 Å². The summed E-state index contributed by atoms with van der Waals surface area (Å²) >= 11 is 0. The highest BCUT2D eigenvalue weighted by molar-refractivity contribution is 5.11. The first-order valence-corrected chi connectivity index (χ1v) is 5.93. The summed E-state index contributed by atoms with van der Waals surface area (Å²) in [6, 6.07) is 1.18. The Morgan fingerprint density at radius 2 is 2.26 bits per heavy atom. The zero-order valence-electron chi connectivity index (χ0n) is 10.1. The highest BCUT2D eigenvalue weighted by Gasteiger charge is 2.65. The molecule has 8 heteroatoms. The fourth-order valence-corrected chi connectivity index (χ4v) is 2.73. The molecule has 0 aliphatic carbocycles. The van der Waals surface area contributed by atoms with E-state index >= 15 is 0 Å². The van der Waals surface area contributed by atoms with E-state index in [0.29, 0.717) is 0 Å². The molecule has 8 nitrogen and oxygen atoms in total. The number of aliphatic hydroxyl groups is 2. The second-order valence-electron chi connectivity index (χ2n) is 4.83. The standard InChI is InChI=1S/C11H14N2O6/c1-5-11(4-14)8(16)7(18-5)9(19-11)13-3-2-6(15)12-10(13)17/h2-3,5,7-9,14,16H,4H2,1H3,(H,12,15,17)/t5-,7-,8+,9-,11+/m1/s1. The summed E-state index contributed by atoms with van der Waals surface area (Å²) in [5, 5.41) is 19.6. The lowest BCUT2D eigenvalue weighted by molar-refractivity contribution is -0.218. The molecule has 2 aliphatic heterocycles. The topological polar surface area (TPSA) is 114 Å². The molecule has 3 heterocycles. The Labute approximate surface area is 107 Å². The molecular formula is C11H14N2O6. The fourth-order valence-electron chi connectivity index (χ4n) is 2.73. The van der Waals surface area contributed by atoms with Gasteiger partial charge in [-0.3, -0.25) is 14.3 Å². The van der Waals surface area contributed by atoms with E-state index in [4.69, 9.17) is 9.47 Å². The summed E-state index contributed by atoms with van der Waals surface area (Å²) in [4.78, 5) is 24.8. The SMILES string of the molecule is C[C@H]1O[C@H]2[C@H](n3ccc(=O)[nH]c3=O)O[C@]1(CO)[C@H]2O. The molecule has 2 fully saturated rings. The van der Waals surface area contributed by atoms with Crippen molar-refractivity contribution >= 4 is 0 Å². The molecule has 104 valence electrons. The molecule has 1 aromatic rings. The monoisotopic (exact) mass is 270 g/mol.